The number of pyridine rings is 1. The van der Waals surface area contributed by atoms with Crippen molar-refractivity contribution in [3.8, 4) is 5.75 Å². The lowest BCUT2D eigenvalue weighted by atomic mass is 9.60. The molecular formula is C27H33FN4O4. The summed E-state index contributed by atoms with van der Waals surface area (Å²) in [6, 6.07) is 8.16. The summed E-state index contributed by atoms with van der Waals surface area (Å²) in [5, 5.41) is 17.1. The zero-order valence-electron chi connectivity index (χ0n) is 20.6. The molecule has 2 bridgehead atoms. The van der Waals surface area contributed by atoms with Gasteiger partial charge in [0.05, 0.1) is 23.5 Å². The SMILES string of the molecule is Cc1ccc(OCC(=O)NC23CCC(NC(=O)c4ccc(N5CCCC5)cn4)(CC2)CC3O)cc1F. The quantitative estimate of drug-likeness (QED) is 0.545. The van der Waals surface area contributed by atoms with E-state index in [4.69, 9.17) is 4.74 Å². The van der Waals surface area contributed by atoms with Crippen molar-refractivity contribution in [2.75, 3.05) is 24.6 Å². The maximum atomic E-state index is 13.7. The first-order valence-electron chi connectivity index (χ1n) is 12.7. The number of ether oxygens (including phenoxy) is 1. The Bertz CT molecular complexity index is 1130. The first kappa shape index (κ1) is 24.5. The fourth-order valence-corrected chi connectivity index (χ4v) is 5.78. The van der Waals surface area contributed by atoms with Gasteiger partial charge in [-0.2, -0.15) is 0 Å². The second kappa shape index (κ2) is 9.69. The summed E-state index contributed by atoms with van der Waals surface area (Å²) in [5.41, 5.74) is 0.630. The minimum Gasteiger partial charge on any atom is -0.484 e. The zero-order chi connectivity index (χ0) is 25.3. The molecule has 1 aliphatic heterocycles. The van der Waals surface area contributed by atoms with Gasteiger partial charge in [-0.15, -0.1) is 0 Å². The second-order valence-electron chi connectivity index (χ2n) is 10.5. The molecule has 1 saturated heterocycles. The molecule has 0 radical (unpaired) electrons. The van der Waals surface area contributed by atoms with Gasteiger partial charge in [0.1, 0.15) is 17.3 Å². The van der Waals surface area contributed by atoms with Gasteiger partial charge >= 0.3 is 0 Å². The molecule has 2 amide bonds. The molecule has 2 aromatic rings. The Hall–Kier alpha value is -3.20. The van der Waals surface area contributed by atoms with Crippen LogP contribution in [0, 0.1) is 12.7 Å². The van der Waals surface area contributed by atoms with Crippen LogP contribution in [-0.4, -0.2) is 58.8 Å². The average molecular weight is 497 g/mol. The van der Waals surface area contributed by atoms with Crippen molar-refractivity contribution in [3.05, 3.63) is 53.6 Å². The number of halogens is 1. The third kappa shape index (κ3) is 4.89. The van der Waals surface area contributed by atoms with Crippen LogP contribution in [0.3, 0.4) is 0 Å². The van der Waals surface area contributed by atoms with Crippen molar-refractivity contribution < 1.29 is 23.8 Å². The van der Waals surface area contributed by atoms with Gasteiger partial charge in [-0.3, -0.25) is 9.59 Å². The number of aliphatic hydroxyl groups is 1. The van der Waals surface area contributed by atoms with E-state index in [9.17, 15) is 19.1 Å². The molecule has 1 atom stereocenters. The van der Waals surface area contributed by atoms with Crippen LogP contribution in [0.15, 0.2) is 36.5 Å². The summed E-state index contributed by atoms with van der Waals surface area (Å²) < 4.78 is 19.2. The molecule has 3 N–H and O–H groups in total. The van der Waals surface area contributed by atoms with Crippen LogP contribution >= 0.6 is 0 Å². The van der Waals surface area contributed by atoms with Crippen molar-refractivity contribution in [2.45, 2.75) is 69.1 Å². The van der Waals surface area contributed by atoms with E-state index in [2.05, 4.69) is 20.5 Å². The Morgan fingerprint density at radius 2 is 1.89 bits per heavy atom. The number of anilines is 1. The Kier molecular flexibility index (Phi) is 6.59. The lowest BCUT2D eigenvalue weighted by Gasteiger charge is -2.56. The van der Waals surface area contributed by atoms with Crippen LogP contribution in [-0.2, 0) is 4.79 Å². The van der Waals surface area contributed by atoms with Gasteiger partial charge in [0.2, 0.25) is 0 Å². The molecule has 3 saturated carbocycles. The monoisotopic (exact) mass is 496 g/mol. The Balaban J connectivity index is 1.16. The van der Waals surface area contributed by atoms with Crippen LogP contribution in [0.1, 0.15) is 61.0 Å². The standard InChI is InChI=1S/C27H33FN4O4/c1-18-4-6-20(14-21(18)28)36-17-24(34)30-27-10-8-26(9-11-27,15-23(27)33)31-25(35)22-7-5-19(16-29-22)32-12-2-3-13-32/h4-7,14,16,23,33H,2-3,8-13,15,17H2,1H3,(H,30,34)(H,31,35). The number of aliphatic hydroxyl groups excluding tert-OH is 1. The number of aromatic nitrogens is 1. The van der Waals surface area contributed by atoms with Crippen LogP contribution in [0.2, 0.25) is 0 Å². The lowest BCUT2D eigenvalue weighted by molar-refractivity contribution is -0.132. The highest BCUT2D eigenvalue weighted by Crippen LogP contribution is 2.47. The molecule has 6 rings (SSSR count). The molecule has 8 nitrogen and oxygen atoms in total. The number of rotatable bonds is 7. The van der Waals surface area contributed by atoms with E-state index < -0.39 is 23.0 Å². The second-order valence-corrected chi connectivity index (χ2v) is 10.5. The average Bonchev–Trinajstić information content (AvgIpc) is 3.41. The summed E-state index contributed by atoms with van der Waals surface area (Å²) in [4.78, 5) is 32.2. The molecule has 1 aromatic carbocycles. The summed E-state index contributed by atoms with van der Waals surface area (Å²) in [6.07, 6.45) is 6.03. The molecule has 36 heavy (non-hydrogen) atoms. The van der Waals surface area contributed by atoms with Crippen molar-refractivity contribution in [1.82, 2.24) is 15.6 Å². The fourth-order valence-electron chi connectivity index (χ4n) is 5.78. The van der Waals surface area contributed by atoms with Gasteiger partial charge in [0, 0.05) is 24.7 Å². The first-order chi connectivity index (χ1) is 17.3. The highest BCUT2D eigenvalue weighted by atomic mass is 19.1. The Labute approximate surface area is 210 Å². The van der Waals surface area contributed by atoms with E-state index in [0.29, 0.717) is 43.4 Å². The van der Waals surface area contributed by atoms with Crippen molar-refractivity contribution in [1.29, 1.82) is 0 Å². The number of benzene rings is 1. The molecule has 192 valence electrons. The number of hydrogen-bond acceptors (Lipinski definition) is 6. The maximum absolute atomic E-state index is 13.7. The summed E-state index contributed by atoms with van der Waals surface area (Å²) in [5.74, 6) is -0.719. The minimum atomic E-state index is -0.799. The third-order valence-electron chi connectivity index (χ3n) is 8.05. The van der Waals surface area contributed by atoms with E-state index >= 15 is 0 Å². The van der Waals surface area contributed by atoms with E-state index in [1.165, 1.54) is 18.9 Å². The normalized spacial score (nSPS) is 27.1. The maximum Gasteiger partial charge on any atom is 0.270 e. The number of nitrogens with one attached hydrogen (secondary N) is 2. The Morgan fingerprint density at radius 1 is 1.14 bits per heavy atom. The molecule has 9 heteroatoms. The molecule has 0 spiro atoms. The van der Waals surface area contributed by atoms with E-state index in [1.807, 2.05) is 6.07 Å². The first-order valence-corrected chi connectivity index (χ1v) is 12.7. The molecule has 4 aliphatic rings. The van der Waals surface area contributed by atoms with Gasteiger partial charge in [0.15, 0.2) is 6.61 Å². The number of amides is 2. The van der Waals surface area contributed by atoms with Crippen molar-refractivity contribution in [3.63, 3.8) is 0 Å². The van der Waals surface area contributed by atoms with Gasteiger partial charge in [-0.1, -0.05) is 6.07 Å². The van der Waals surface area contributed by atoms with E-state index in [1.54, 1.807) is 31.3 Å². The predicted molar refractivity (Wildman–Crippen MR) is 132 cm³/mol. The van der Waals surface area contributed by atoms with Gasteiger partial charge in [-0.05, 0) is 75.6 Å². The van der Waals surface area contributed by atoms with Crippen LogP contribution in [0.25, 0.3) is 0 Å². The van der Waals surface area contributed by atoms with E-state index in [0.717, 1.165) is 18.8 Å². The summed E-state index contributed by atoms with van der Waals surface area (Å²) in [7, 11) is 0. The number of nitrogens with zero attached hydrogens (tertiary/aromatic N) is 2. The summed E-state index contributed by atoms with van der Waals surface area (Å²) >= 11 is 0. The minimum absolute atomic E-state index is 0.243. The van der Waals surface area contributed by atoms with Gasteiger partial charge in [0.25, 0.3) is 11.8 Å². The molecule has 2 heterocycles. The van der Waals surface area contributed by atoms with Crippen LogP contribution in [0.5, 0.6) is 5.75 Å². The fraction of sp³-hybridized carbons (Fsp3) is 0.519. The number of carbonyl (C=O) groups excluding carboxylic acids is 2. The molecule has 1 unspecified atom stereocenters. The summed E-state index contributed by atoms with van der Waals surface area (Å²) in [6.45, 7) is 3.42. The van der Waals surface area contributed by atoms with Gasteiger partial charge < -0.3 is 25.4 Å². The number of aryl methyl sites for hydroxylation is 1. The number of hydrogen-bond donors (Lipinski definition) is 3. The van der Waals surface area contributed by atoms with Crippen LogP contribution < -0.4 is 20.3 Å². The highest BCUT2D eigenvalue weighted by Gasteiger charge is 2.55. The molecule has 4 fully saturated rings. The third-order valence-corrected chi connectivity index (χ3v) is 8.05. The highest BCUT2D eigenvalue weighted by molar-refractivity contribution is 5.93. The largest absolute Gasteiger partial charge is 0.484 e. The van der Waals surface area contributed by atoms with Crippen LogP contribution in [0.4, 0.5) is 10.1 Å². The molecule has 1 aromatic heterocycles. The molecular weight excluding hydrogens is 463 g/mol. The lowest BCUT2D eigenvalue weighted by Crippen LogP contribution is -2.70. The zero-order valence-corrected chi connectivity index (χ0v) is 20.6. The number of carbonyl (C=O) groups is 2. The predicted octanol–water partition coefficient (Wildman–Crippen LogP) is 2.87. The van der Waals surface area contributed by atoms with Crippen molar-refractivity contribution >= 4 is 17.5 Å². The van der Waals surface area contributed by atoms with Gasteiger partial charge in [-0.25, -0.2) is 9.37 Å². The topological polar surface area (TPSA) is 104 Å². The van der Waals surface area contributed by atoms with E-state index in [-0.39, 0.29) is 24.2 Å². The molecule has 3 aliphatic carbocycles. The number of fused-ring (bicyclic) bond motifs is 3. The smallest absolute Gasteiger partial charge is 0.270 e. The van der Waals surface area contributed by atoms with Crippen molar-refractivity contribution in [2.24, 2.45) is 0 Å². The Morgan fingerprint density at radius 3 is 2.53 bits per heavy atom.